The van der Waals surface area contributed by atoms with E-state index in [4.69, 9.17) is 19.4 Å². The van der Waals surface area contributed by atoms with Crippen LogP contribution in [-0.2, 0) is 0 Å². The van der Waals surface area contributed by atoms with Crippen molar-refractivity contribution in [2.75, 3.05) is 0 Å². The van der Waals surface area contributed by atoms with Gasteiger partial charge in [-0.05, 0) is 69.1 Å². The molecule has 0 saturated heterocycles. The van der Waals surface area contributed by atoms with Gasteiger partial charge in [0.15, 0.2) is 5.84 Å². The summed E-state index contributed by atoms with van der Waals surface area (Å²) in [6, 6.07) is 54.8. The number of hydrogen-bond donors (Lipinski definition) is 1. The van der Waals surface area contributed by atoms with Crippen molar-refractivity contribution in [1.29, 1.82) is 0 Å². The first-order chi connectivity index (χ1) is 24.2. The van der Waals surface area contributed by atoms with Crippen molar-refractivity contribution >= 4 is 66.2 Å². The molecule has 0 spiro atoms. The number of fused-ring (bicyclic) bond motifs is 6. The minimum atomic E-state index is -0.331. The summed E-state index contributed by atoms with van der Waals surface area (Å²) in [5, 5.41) is 11.3. The molecule has 0 bridgehead atoms. The van der Waals surface area contributed by atoms with Crippen molar-refractivity contribution < 1.29 is 4.42 Å². The second-order valence-electron chi connectivity index (χ2n) is 12.5. The second kappa shape index (κ2) is 11.0. The van der Waals surface area contributed by atoms with Crippen molar-refractivity contribution in [2.24, 2.45) is 9.98 Å². The number of para-hydroxylation sites is 1. The third-order valence-corrected chi connectivity index (χ3v) is 9.50. The van der Waals surface area contributed by atoms with E-state index in [0.29, 0.717) is 11.5 Å². The number of benzene rings is 7. The van der Waals surface area contributed by atoms with Gasteiger partial charge in [-0.3, -0.25) is 0 Å². The quantitative estimate of drug-likeness (QED) is 0.211. The van der Waals surface area contributed by atoms with Crippen LogP contribution in [0.3, 0.4) is 0 Å². The smallest absolute Gasteiger partial charge is 0.227 e. The number of hydrogen-bond acceptors (Lipinski definition) is 5. The van der Waals surface area contributed by atoms with E-state index in [0.717, 1.165) is 66.3 Å². The standard InChI is InChI=1S/C44H28N4O/c1-2-12-29(13-3-1)41-46-42(34-21-19-28-11-5-7-15-31(28)25-34)48-43(47-41)36-23-22-35(32-20-18-27-10-4-6-14-30(27)24-32)40-39(36)37-26-33-16-8-9-17-38(33)45-44(37)49-40/h1-26,41H,(H,46,47,48). The molecule has 1 atom stereocenters. The number of pyridine rings is 1. The Morgan fingerprint density at radius 3 is 1.94 bits per heavy atom. The van der Waals surface area contributed by atoms with Crippen LogP contribution in [0.5, 0.6) is 0 Å². The molecule has 1 aliphatic heterocycles. The maximum Gasteiger partial charge on any atom is 0.227 e. The van der Waals surface area contributed by atoms with Gasteiger partial charge in [-0.25, -0.2) is 15.0 Å². The molecule has 10 rings (SSSR count). The molecule has 1 aliphatic rings. The minimum Gasteiger partial charge on any atom is -0.437 e. The molecule has 230 valence electrons. The topological polar surface area (TPSA) is 62.8 Å². The van der Waals surface area contributed by atoms with E-state index < -0.39 is 0 Å². The summed E-state index contributed by atoms with van der Waals surface area (Å²) in [5.41, 5.74) is 7.29. The van der Waals surface area contributed by atoms with E-state index in [-0.39, 0.29) is 6.17 Å². The molecule has 2 aromatic heterocycles. The zero-order valence-electron chi connectivity index (χ0n) is 26.3. The van der Waals surface area contributed by atoms with Gasteiger partial charge < -0.3 is 9.73 Å². The molecular formula is C44H28N4O. The summed E-state index contributed by atoms with van der Waals surface area (Å²) in [4.78, 5) is 15.5. The highest BCUT2D eigenvalue weighted by molar-refractivity contribution is 6.24. The second-order valence-corrected chi connectivity index (χ2v) is 12.5. The summed E-state index contributed by atoms with van der Waals surface area (Å²) < 4.78 is 6.73. The third-order valence-electron chi connectivity index (χ3n) is 9.50. The van der Waals surface area contributed by atoms with E-state index in [1.165, 1.54) is 16.2 Å². The van der Waals surface area contributed by atoms with Crippen LogP contribution in [0.25, 0.3) is 65.6 Å². The lowest BCUT2D eigenvalue weighted by molar-refractivity contribution is 0.657. The Morgan fingerprint density at radius 1 is 0.531 bits per heavy atom. The van der Waals surface area contributed by atoms with Crippen LogP contribution in [0.15, 0.2) is 172 Å². The van der Waals surface area contributed by atoms with Crippen LogP contribution in [0.4, 0.5) is 0 Å². The largest absolute Gasteiger partial charge is 0.437 e. The SMILES string of the molecule is c1ccc(C2N=C(c3ccc(-c4ccc5ccccc5c4)c4oc5nc6ccccc6cc5c34)N=C(c3ccc4ccccc4c3)N2)cc1. The van der Waals surface area contributed by atoms with E-state index in [2.05, 4.69) is 127 Å². The van der Waals surface area contributed by atoms with Crippen LogP contribution in [0, 0.1) is 0 Å². The first-order valence-electron chi connectivity index (χ1n) is 16.5. The number of aromatic nitrogens is 1. The van der Waals surface area contributed by atoms with Gasteiger partial charge in [-0.2, -0.15) is 0 Å². The average Bonchev–Trinajstić information content (AvgIpc) is 3.54. The van der Waals surface area contributed by atoms with Crippen LogP contribution < -0.4 is 5.32 Å². The monoisotopic (exact) mass is 628 g/mol. The first kappa shape index (κ1) is 27.5. The Morgan fingerprint density at radius 2 is 1.16 bits per heavy atom. The number of nitrogens with zero attached hydrogens (tertiary/aromatic N) is 3. The highest BCUT2D eigenvalue weighted by Gasteiger charge is 2.25. The van der Waals surface area contributed by atoms with Gasteiger partial charge in [-0.1, -0.05) is 121 Å². The van der Waals surface area contributed by atoms with Gasteiger partial charge in [0, 0.05) is 32.8 Å². The van der Waals surface area contributed by atoms with Crippen LogP contribution >= 0.6 is 0 Å². The van der Waals surface area contributed by atoms with Gasteiger partial charge in [-0.15, -0.1) is 0 Å². The highest BCUT2D eigenvalue weighted by atomic mass is 16.3. The van der Waals surface area contributed by atoms with Crippen LogP contribution in [0.2, 0.25) is 0 Å². The lowest BCUT2D eigenvalue weighted by Crippen LogP contribution is -2.33. The first-order valence-corrected chi connectivity index (χ1v) is 16.5. The van der Waals surface area contributed by atoms with Gasteiger partial charge in [0.2, 0.25) is 5.71 Å². The molecule has 3 heterocycles. The Bertz CT molecular complexity index is 2810. The highest BCUT2D eigenvalue weighted by Crippen LogP contribution is 2.40. The number of furan rings is 1. The van der Waals surface area contributed by atoms with Gasteiger partial charge >= 0.3 is 0 Å². The fourth-order valence-electron chi connectivity index (χ4n) is 7.04. The van der Waals surface area contributed by atoms with Crippen molar-refractivity contribution in [2.45, 2.75) is 6.17 Å². The maximum atomic E-state index is 6.73. The zero-order chi connectivity index (χ0) is 32.3. The minimum absolute atomic E-state index is 0.331. The van der Waals surface area contributed by atoms with Crippen molar-refractivity contribution in [3.05, 3.63) is 174 Å². The Labute approximate surface area is 281 Å². The van der Waals surface area contributed by atoms with Gasteiger partial charge in [0.05, 0.1) is 5.52 Å². The summed E-state index contributed by atoms with van der Waals surface area (Å²) >= 11 is 0. The predicted molar refractivity (Wildman–Crippen MR) is 201 cm³/mol. The van der Waals surface area contributed by atoms with E-state index in [1.807, 2.05) is 36.4 Å². The molecule has 9 aromatic rings. The lowest BCUT2D eigenvalue weighted by Gasteiger charge is -2.24. The van der Waals surface area contributed by atoms with Crippen LogP contribution in [-0.4, -0.2) is 16.7 Å². The fraction of sp³-hybridized carbons (Fsp3) is 0.0227. The molecular weight excluding hydrogens is 601 g/mol. The molecule has 0 fully saturated rings. The third kappa shape index (κ3) is 4.67. The summed E-state index contributed by atoms with van der Waals surface area (Å²) in [6.07, 6.45) is -0.331. The number of aliphatic imine (C=N–C) groups is 2. The molecule has 5 nitrogen and oxygen atoms in total. The summed E-state index contributed by atoms with van der Waals surface area (Å²) in [7, 11) is 0. The van der Waals surface area contributed by atoms with Gasteiger partial charge in [0.25, 0.3) is 0 Å². The Kier molecular flexibility index (Phi) is 6.18. The van der Waals surface area contributed by atoms with E-state index in [9.17, 15) is 0 Å². The van der Waals surface area contributed by atoms with Crippen molar-refractivity contribution in [3.63, 3.8) is 0 Å². The molecule has 1 unspecified atom stereocenters. The molecule has 1 N–H and O–H groups in total. The molecule has 7 aromatic carbocycles. The van der Waals surface area contributed by atoms with Crippen LogP contribution in [0.1, 0.15) is 22.9 Å². The fourth-order valence-corrected chi connectivity index (χ4v) is 7.04. The number of nitrogens with one attached hydrogen (secondary N) is 1. The predicted octanol–water partition coefficient (Wildman–Crippen LogP) is 10.6. The summed E-state index contributed by atoms with van der Waals surface area (Å²) in [6.45, 7) is 0. The Hall–Kier alpha value is -6.59. The molecule has 49 heavy (non-hydrogen) atoms. The average molecular weight is 629 g/mol. The molecule has 0 aliphatic carbocycles. The summed E-state index contributed by atoms with van der Waals surface area (Å²) in [5.74, 6) is 1.41. The molecule has 5 heteroatoms. The zero-order valence-corrected chi connectivity index (χ0v) is 26.3. The van der Waals surface area contributed by atoms with E-state index >= 15 is 0 Å². The number of rotatable bonds is 4. The van der Waals surface area contributed by atoms with Crippen molar-refractivity contribution in [1.82, 2.24) is 10.3 Å². The van der Waals surface area contributed by atoms with Crippen molar-refractivity contribution in [3.8, 4) is 11.1 Å². The molecule has 0 amide bonds. The van der Waals surface area contributed by atoms with E-state index in [1.54, 1.807) is 0 Å². The lowest BCUT2D eigenvalue weighted by atomic mass is 9.96. The Balaban J connectivity index is 1.23. The maximum absolute atomic E-state index is 6.73. The number of amidine groups is 2. The molecule has 0 saturated carbocycles. The normalized spacial score (nSPS) is 14.7. The molecule has 0 radical (unpaired) electrons. The van der Waals surface area contributed by atoms with Gasteiger partial charge in [0.1, 0.15) is 17.6 Å².